The van der Waals surface area contributed by atoms with Crippen LogP contribution in [0.2, 0.25) is 0 Å². The lowest BCUT2D eigenvalue weighted by atomic mass is 10.1. The van der Waals surface area contributed by atoms with Crippen molar-refractivity contribution in [3.63, 3.8) is 0 Å². The summed E-state index contributed by atoms with van der Waals surface area (Å²) in [6.07, 6.45) is 2.66. The Morgan fingerprint density at radius 3 is 2.47 bits per heavy atom. The van der Waals surface area contributed by atoms with E-state index in [1.165, 1.54) is 0 Å². The van der Waals surface area contributed by atoms with E-state index >= 15 is 0 Å². The van der Waals surface area contributed by atoms with Crippen molar-refractivity contribution in [1.82, 2.24) is 15.0 Å². The van der Waals surface area contributed by atoms with E-state index in [1.807, 2.05) is 36.1 Å². The second-order valence-electron chi connectivity index (χ2n) is 7.59. The molecule has 8 heteroatoms. The number of nitrogens with zero attached hydrogens (tertiary/aromatic N) is 3. The summed E-state index contributed by atoms with van der Waals surface area (Å²) >= 11 is 0. The minimum Gasteiger partial charge on any atom is -0.494 e. The lowest BCUT2D eigenvalue weighted by Gasteiger charge is -2.15. The highest BCUT2D eigenvalue weighted by atomic mass is 16.5. The molecule has 2 amide bonds. The summed E-state index contributed by atoms with van der Waals surface area (Å²) in [7, 11) is 0. The van der Waals surface area contributed by atoms with Crippen LogP contribution in [0.1, 0.15) is 42.4 Å². The minimum atomic E-state index is -0.163. The molecule has 1 aliphatic rings. The second-order valence-corrected chi connectivity index (χ2v) is 7.59. The third kappa shape index (κ3) is 5.32. The zero-order valence-electron chi connectivity index (χ0n) is 18.0. The van der Waals surface area contributed by atoms with Gasteiger partial charge in [-0.3, -0.25) is 9.59 Å². The Hall–Kier alpha value is -3.68. The highest BCUT2D eigenvalue weighted by Gasteiger charge is 2.19. The van der Waals surface area contributed by atoms with Gasteiger partial charge < -0.3 is 19.5 Å². The third-order valence-corrected chi connectivity index (χ3v) is 5.27. The van der Waals surface area contributed by atoms with E-state index in [9.17, 15) is 9.59 Å². The highest BCUT2D eigenvalue weighted by molar-refractivity contribution is 5.96. The van der Waals surface area contributed by atoms with Gasteiger partial charge in [-0.05, 0) is 68.3 Å². The smallest absolute Gasteiger partial charge is 0.253 e. The van der Waals surface area contributed by atoms with Crippen LogP contribution in [-0.4, -0.2) is 46.6 Å². The monoisotopic (exact) mass is 434 g/mol. The standard InChI is InChI=1S/C24H26N4O4/c1-2-31-20-11-7-17(8-12-20)23-26-22(32-27-23)14-13-21(29)25-19-9-5-18(6-10-19)24(30)28-15-3-4-16-28/h5-12H,2-4,13-16H2,1H3,(H,25,29). The van der Waals surface area contributed by atoms with Gasteiger partial charge in [0.25, 0.3) is 5.91 Å². The summed E-state index contributed by atoms with van der Waals surface area (Å²) in [5.74, 6) is 1.53. The molecule has 166 valence electrons. The van der Waals surface area contributed by atoms with Crippen molar-refractivity contribution in [2.24, 2.45) is 0 Å². The van der Waals surface area contributed by atoms with Gasteiger partial charge in [0, 0.05) is 42.7 Å². The number of likely N-dealkylation sites (tertiary alicyclic amines) is 1. The summed E-state index contributed by atoms with van der Waals surface area (Å²) in [6, 6.07) is 14.4. The molecule has 8 nitrogen and oxygen atoms in total. The number of hydrogen-bond acceptors (Lipinski definition) is 6. The molecular formula is C24H26N4O4. The van der Waals surface area contributed by atoms with Crippen molar-refractivity contribution in [3.8, 4) is 17.1 Å². The maximum atomic E-state index is 12.4. The SMILES string of the molecule is CCOc1ccc(-c2noc(CCC(=O)Nc3ccc(C(=O)N4CCCC4)cc3)n2)cc1. The third-order valence-electron chi connectivity index (χ3n) is 5.27. The maximum Gasteiger partial charge on any atom is 0.253 e. The Bertz CT molecular complexity index is 1050. The van der Waals surface area contributed by atoms with Gasteiger partial charge in [-0.15, -0.1) is 0 Å². The summed E-state index contributed by atoms with van der Waals surface area (Å²) in [5, 5.41) is 6.83. The number of aryl methyl sites for hydroxylation is 1. The summed E-state index contributed by atoms with van der Waals surface area (Å²) in [4.78, 5) is 30.9. The van der Waals surface area contributed by atoms with Crippen molar-refractivity contribution >= 4 is 17.5 Å². The molecule has 0 spiro atoms. The molecule has 3 aromatic rings. The van der Waals surface area contributed by atoms with E-state index < -0.39 is 0 Å². The van der Waals surface area contributed by atoms with Crippen LogP contribution in [0, 0.1) is 0 Å². The van der Waals surface area contributed by atoms with Gasteiger partial charge >= 0.3 is 0 Å². The van der Waals surface area contributed by atoms with Crippen molar-refractivity contribution in [2.45, 2.75) is 32.6 Å². The largest absolute Gasteiger partial charge is 0.494 e. The molecular weight excluding hydrogens is 408 g/mol. The molecule has 0 bridgehead atoms. The lowest BCUT2D eigenvalue weighted by Crippen LogP contribution is -2.27. The number of nitrogens with one attached hydrogen (secondary N) is 1. The van der Waals surface area contributed by atoms with Gasteiger partial charge in [0.1, 0.15) is 5.75 Å². The van der Waals surface area contributed by atoms with Crippen LogP contribution in [0.4, 0.5) is 5.69 Å². The molecule has 1 saturated heterocycles. The number of amides is 2. The fraction of sp³-hybridized carbons (Fsp3) is 0.333. The Morgan fingerprint density at radius 1 is 1.06 bits per heavy atom. The van der Waals surface area contributed by atoms with Gasteiger partial charge in [0.05, 0.1) is 6.61 Å². The first-order valence-corrected chi connectivity index (χ1v) is 10.9. The topological polar surface area (TPSA) is 97.6 Å². The molecule has 1 fully saturated rings. The zero-order valence-corrected chi connectivity index (χ0v) is 18.0. The van der Waals surface area contributed by atoms with Crippen LogP contribution in [0.15, 0.2) is 53.1 Å². The van der Waals surface area contributed by atoms with Gasteiger partial charge in [-0.25, -0.2) is 0 Å². The molecule has 4 rings (SSSR count). The fourth-order valence-corrected chi connectivity index (χ4v) is 3.58. The molecule has 0 aliphatic carbocycles. The summed E-state index contributed by atoms with van der Waals surface area (Å²) in [5.41, 5.74) is 2.10. The summed E-state index contributed by atoms with van der Waals surface area (Å²) in [6.45, 7) is 4.16. The van der Waals surface area contributed by atoms with Crippen molar-refractivity contribution < 1.29 is 18.8 Å². The minimum absolute atomic E-state index is 0.0418. The number of anilines is 1. The highest BCUT2D eigenvalue weighted by Crippen LogP contribution is 2.20. The number of benzene rings is 2. The number of aromatic nitrogens is 2. The first-order valence-electron chi connectivity index (χ1n) is 10.9. The van der Waals surface area contributed by atoms with Gasteiger partial charge in [0.2, 0.25) is 17.6 Å². The molecule has 2 aromatic carbocycles. The van der Waals surface area contributed by atoms with Crippen LogP contribution in [-0.2, 0) is 11.2 Å². The van der Waals surface area contributed by atoms with Gasteiger partial charge in [-0.1, -0.05) is 5.16 Å². The van der Waals surface area contributed by atoms with Crippen LogP contribution < -0.4 is 10.1 Å². The molecule has 0 saturated carbocycles. The number of carbonyl (C=O) groups is 2. The number of rotatable bonds is 8. The summed E-state index contributed by atoms with van der Waals surface area (Å²) < 4.78 is 10.7. The van der Waals surface area contributed by atoms with Gasteiger partial charge in [0.15, 0.2) is 0 Å². The first-order chi connectivity index (χ1) is 15.6. The predicted molar refractivity (Wildman–Crippen MR) is 119 cm³/mol. The van der Waals surface area contributed by atoms with Crippen LogP contribution in [0.25, 0.3) is 11.4 Å². The van der Waals surface area contributed by atoms with Crippen molar-refractivity contribution in [1.29, 1.82) is 0 Å². The van der Waals surface area contributed by atoms with Crippen LogP contribution in [0.5, 0.6) is 5.75 Å². The number of ether oxygens (including phenoxy) is 1. The average molecular weight is 434 g/mol. The molecule has 1 N–H and O–H groups in total. The quantitative estimate of drug-likeness (QED) is 0.577. The number of hydrogen-bond donors (Lipinski definition) is 1. The molecule has 0 atom stereocenters. The molecule has 0 unspecified atom stereocenters. The second kappa shape index (κ2) is 10.1. The van der Waals surface area contributed by atoms with Crippen LogP contribution >= 0.6 is 0 Å². The Morgan fingerprint density at radius 2 is 1.78 bits per heavy atom. The Labute approximate surface area is 186 Å². The normalized spacial score (nSPS) is 13.2. The molecule has 2 heterocycles. The molecule has 32 heavy (non-hydrogen) atoms. The molecule has 1 aliphatic heterocycles. The van der Waals surface area contributed by atoms with E-state index in [2.05, 4.69) is 15.5 Å². The zero-order chi connectivity index (χ0) is 22.3. The number of carbonyl (C=O) groups excluding carboxylic acids is 2. The van der Waals surface area contributed by atoms with E-state index in [4.69, 9.17) is 9.26 Å². The Kier molecular flexibility index (Phi) is 6.79. The molecule has 0 radical (unpaired) electrons. The van der Waals surface area contributed by atoms with E-state index in [-0.39, 0.29) is 18.2 Å². The fourth-order valence-electron chi connectivity index (χ4n) is 3.58. The van der Waals surface area contributed by atoms with E-state index in [0.717, 1.165) is 37.2 Å². The van der Waals surface area contributed by atoms with Crippen molar-refractivity contribution in [3.05, 3.63) is 60.0 Å². The lowest BCUT2D eigenvalue weighted by molar-refractivity contribution is -0.116. The van der Waals surface area contributed by atoms with Crippen molar-refractivity contribution in [2.75, 3.05) is 25.0 Å². The van der Waals surface area contributed by atoms with Gasteiger partial charge in [-0.2, -0.15) is 4.98 Å². The van der Waals surface area contributed by atoms with Crippen LogP contribution in [0.3, 0.4) is 0 Å². The Balaban J connectivity index is 1.27. The van der Waals surface area contributed by atoms with E-state index in [1.54, 1.807) is 24.3 Å². The average Bonchev–Trinajstić information content (AvgIpc) is 3.51. The molecule has 1 aromatic heterocycles. The maximum absolute atomic E-state index is 12.4. The predicted octanol–water partition coefficient (Wildman–Crippen LogP) is 3.94. The van der Waals surface area contributed by atoms with E-state index in [0.29, 0.717) is 36.0 Å². The first kappa shape index (κ1) is 21.5.